The van der Waals surface area contributed by atoms with Gasteiger partial charge >= 0.3 is 5.97 Å². The Kier molecular flexibility index (Phi) is 4.47. The van der Waals surface area contributed by atoms with Crippen LogP contribution in [0.2, 0.25) is 0 Å². The molecule has 0 aliphatic rings. The quantitative estimate of drug-likeness (QED) is 0.677. The van der Waals surface area contributed by atoms with Crippen LogP contribution in [-0.2, 0) is 4.79 Å². The summed E-state index contributed by atoms with van der Waals surface area (Å²) in [6.45, 7) is 2.40. The molecule has 18 heavy (non-hydrogen) atoms. The van der Waals surface area contributed by atoms with E-state index in [1.807, 2.05) is 6.92 Å². The minimum atomic E-state index is -1.12. The molecule has 0 bridgehead atoms. The highest BCUT2D eigenvalue weighted by molar-refractivity contribution is 5.96. The Hall–Kier alpha value is -2.31. The number of pyridine rings is 1. The van der Waals surface area contributed by atoms with E-state index in [1.54, 1.807) is 4.90 Å². The summed E-state index contributed by atoms with van der Waals surface area (Å²) < 4.78 is 0. The smallest absolute Gasteiger partial charge is 0.337 e. The first-order valence-electron chi connectivity index (χ1n) is 5.44. The number of nitrogen functional groups attached to an aromatic ring is 1. The molecule has 1 heterocycles. The van der Waals surface area contributed by atoms with Gasteiger partial charge in [-0.3, -0.25) is 4.79 Å². The number of carbonyl (C=O) groups excluding carboxylic acids is 1. The van der Waals surface area contributed by atoms with Gasteiger partial charge in [0.1, 0.15) is 0 Å². The van der Waals surface area contributed by atoms with Crippen molar-refractivity contribution in [2.24, 2.45) is 0 Å². The van der Waals surface area contributed by atoms with Crippen LogP contribution in [-0.4, -0.2) is 42.1 Å². The first-order chi connectivity index (χ1) is 8.51. The molecule has 0 unspecified atom stereocenters. The Balaban J connectivity index is 3.10. The van der Waals surface area contributed by atoms with Gasteiger partial charge < -0.3 is 21.1 Å². The molecule has 1 aromatic heterocycles. The van der Waals surface area contributed by atoms with E-state index in [4.69, 9.17) is 10.8 Å². The molecular formula is C11H16N4O3. The number of aromatic carboxylic acids is 1. The van der Waals surface area contributed by atoms with Gasteiger partial charge in [-0.25, -0.2) is 9.78 Å². The zero-order valence-corrected chi connectivity index (χ0v) is 10.3. The van der Waals surface area contributed by atoms with Crippen LogP contribution in [0.3, 0.4) is 0 Å². The van der Waals surface area contributed by atoms with Gasteiger partial charge in [0.25, 0.3) is 0 Å². The Morgan fingerprint density at radius 2 is 2.22 bits per heavy atom. The lowest BCUT2D eigenvalue weighted by atomic mass is 10.2. The lowest BCUT2D eigenvalue weighted by Gasteiger charge is -2.22. The van der Waals surface area contributed by atoms with Gasteiger partial charge in [0.15, 0.2) is 5.82 Å². The number of anilines is 2. The van der Waals surface area contributed by atoms with E-state index in [9.17, 15) is 9.59 Å². The standard InChI is InChI=1S/C11H16N4O3/c1-3-15(6-8(16)13-2)10-9(12)7(11(17)18)4-5-14-10/h4-5H,3,6,12H2,1-2H3,(H,13,16)(H,17,18). The zero-order chi connectivity index (χ0) is 13.7. The van der Waals surface area contributed by atoms with Crippen molar-refractivity contribution in [3.63, 3.8) is 0 Å². The lowest BCUT2D eigenvalue weighted by Crippen LogP contribution is -2.36. The van der Waals surface area contributed by atoms with Crippen LogP contribution in [0.5, 0.6) is 0 Å². The maximum Gasteiger partial charge on any atom is 0.337 e. The number of likely N-dealkylation sites (N-methyl/N-ethyl adjacent to an activating group) is 2. The fraction of sp³-hybridized carbons (Fsp3) is 0.364. The number of carbonyl (C=O) groups is 2. The van der Waals surface area contributed by atoms with E-state index >= 15 is 0 Å². The lowest BCUT2D eigenvalue weighted by molar-refractivity contribution is -0.119. The molecule has 0 saturated heterocycles. The Morgan fingerprint density at radius 1 is 1.56 bits per heavy atom. The van der Waals surface area contributed by atoms with Gasteiger partial charge in [0.05, 0.1) is 17.8 Å². The molecule has 98 valence electrons. The van der Waals surface area contributed by atoms with Gasteiger partial charge in [0, 0.05) is 19.8 Å². The van der Waals surface area contributed by atoms with Crippen molar-refractivity contribution in [1.82, 2.24) is 10.3 Å². The fourth-order valence-corrected chi connectivity index (χ4v) is 1.49. The number of carboxylic acid groups (broad SMARTS) is 1. The number of rotatable bonds is 5. The molecule has 1 aromatic rings. The van der Waals surface area contributed by atoms with Crippen LogP contribution in [0.15, 0.2) is 12.3 Å². The molecule has 0 spiro atoms. The maximum atomic E-state index is 11.3. The van der Waals surface area contributed by atoms with Crippen LogP contribution in [0.4, 0.5) is 11.5 Å². The number of nitrogens with one attached hydrogen (secondary N) is 1. The van der Waals surface area contributed by atoms with E-state index in [0.29, 0.717) is 12.4 Å². The molecule has 7 heteroatoms. The molecule has 4 N–H and O–H groups in total. The van der Waals surface area contributed by atoms with Crippen LogP contribution in [0, 0.1) is 0 Å². The van der Waals surface area contributed by atoms with E-state index in [1.165, 1.54) is 19.3 Å². The monoisotopic (exact) mass is 252 g/mol. The number of nitrogens with two attached hydrogens (primary N) is 1. The first kappa shape index (κ1) is 13.8. The molecule has 0 aliphatic carbocycles. The molecule has 7 nitrogen and oxygen atoms in total. The van der Waals surface area contributed by atoms with Crippen molar-refractivity contribution in [2.45, 2.75) is 6.92 Å². The van der Waals surface area contributed by atoms with Gasteiger partial charge in [-0.2, -0.15) is 0 Å². The topological polar surface area (TPSA) is 109 Å². The SMILES string of the molecule is CCN(CC(=O)NC)c1nccc(C(=O)O)c1N. The number of carboxylic acids is 1. The van der Waals surface area contributed by atoms with E-state index in [0.717, 1.165) is 0 Å². The fourth-order valence-electron chi connectivity index (χ4n) is 1.49. The number of aromatic nitrogens is 1. The predicted molar refractivity (Wildman–Crippen MR) is 67.6 cm³/mol. The van der Waals surface area contributed by atoms with Crippen molar-refractivity contribution in [1.29, 1.82) is 0 Å². The molecule has 0 aliphatic heterocycles. The molecule has 0 saturated carbocycles. The summed E-state index contributed by atoms with van der Waals surface area (Å²) in [6, 6.07) is 1.33. The van der Waals surface area contributed by atoms with Crippen LogP contribution in [0.25, 0.3) is 0 Å². The minimum absolute atomic E-state index is 0.0182. The van der Waals surface area contributed by atoms with Crippen molar-refractivity contribution < 1.29 is 14.7 Å². The molecule has 1 amide bonds. The molecule has 0 fully saturated rings. The van der Waals surface area contributed by atoms with E-state index < -0.39 is 5.97 Å². The van der Waals surface area contributed by atoms with E-state index in [2.05, 4.69) is 10.3 Å². The summed E-state index contributed by atoms with van der Waals surface area (Å²) in [5.74, 6) is -1.01. The summed E-state index contributed by atoms with van der Waals surface area (Å²) >= 11 is 0. The summed E-state index contributed by atoms with van der Waals surface area (Å²) in [4.78, 5) is 28.0. The molecule has 0 radical (unpaired) electrons. The average molecular weight is 252 g/mol. The number of hydrogen-bond acceptors (Lipinski definition) is 5. The molecule has 0 aromatic carbocycles. The highest BCUT2D eigenvalue weighted by atomic mass is 16.4. The van der Waals surface area contributed by atoms with Crippen molar-refractivity contribution in [2.75, 3.05) is 30.8 Å². The van der Waals surface area contributed by atoms with Gasteiger partial charge in [0.2, 0.25) is 5.91 Å². The highest BCUT2D eigenvalue weighted by Gasteiger charge is 2.17. The summed E-state index contributed by atoms with van der Waals surface area (Å²) in [5.41, 5.74) is 5.81. The largest absolute Gasteiger partial charge is 0.478 e. The van der Waals surface area contributed by atoms with Gasteiger partial charge in [-0.1, -0.05) is 0 Å². The van der Waals surface area contributed by atoms with E-state index in [-0.39, 0.29) is 23.7 Å². The third-order valence-corrected chi connectivity index (χ3v) is 2.49. The summed E-state index contributed by atoms with van der Waals surface area (Å²) in [6.07, 6.45) is 1.36. The number of nitrogens with zero attached hydrogens (tertiary/aromatic N) is 2. The summed E-state index contributed by atoms with van der Waals surface area (Å²) in [7, 11) is 1.53. The molecular weight excluding hydrogens is 236 g/mol. The Bertz CT molecular complexity index is 462. The van der Waals surface area contributed by atoms with Crippen LogP contribution < -0.4 is 16.0 Å². The third-order valence-electron chi connectivity index (χ3n) is 2.49. The average Bonchev–Trinajstić information content (AvgIpc) is 2.35. The predicted octanol–water partition coefficient (Wildman–Crippen LogP) is -0.0657. The van der Waals surface area contributed by atoms with Crippen molar-refractivity contribution in [3.8, 4) is 0 Å². The van der Waals surface area contributed by atoms with Crippen LogP contribution in [0.1, 0.15) is 17.3 Å². The number of amides is 1. The van der Waals surface area contributed by atoms with Crippen LogP contribution >= 0.6 is 0 Å². The minimum Gasteiger partial charge on any atom is -0.478 e. The highest BCUT2D eigenvalue weighted by Crippen LogP contribution is 2.23. The summed E-state index contributed by atoms with van der Waals surface area (Å²) in [5, 5.41) is 11.5. The second-order valence-corrected chi connectivity index (χ2v) is 3.59. The first-order valence-corrected chi connectivity index (χ1v) is 5.44. The van der Waals surface area contributed by atoms with Crippen molar-refractivity contribution >= 4 is 23.4 Å². The normalized spacial score (nSPS) is 9.89. The third kappa shape index (κ3) is 2.88. The van der Waals surface area contributed by atoms with Crippen molar-refractivity contribution in [3.05, 3.63) is 17.8 Å². The number of hydrogen-bond donors (Lipinski definition) is 3. The van der Waals surface area contributed by atoms with Gasteiger partial charge in [-0.05, 0) is 13.0 Å². The maximum absolute atomic E-state index is 11.3. The molecule has 0 atom stereocenters. The van der Waals surface area contributed by atoms with Gasteiger partial charge in [-0.15, -0.1) is 0 Å². The zero-order valence-electron chi connectivity index (χ0n) is 10.3. The Labute approximate surface area is 105 Å². The second kappa shape index (κ2) is 5.85. The molecule has 1 rings (SSSR count). The Morgan fingerprint density at radius 3 is 2.72 bits per heavy atom. The second-order valence-electron chi connectivity index (χ2n) is 3.59.